The Morgan fingerprint density at radius 3 is 3.05 bits per heavy atom. The Labute approximate surface area is 126 Å². The highest BCUT2D eigenvalue weighted by atomic mass is 79.9. The van der Waals surface area contributed by atoms with Gasteiger partial charge in [0.05, 0.1) is 12.0 Å². The molecule has 5 heteroatoms. The summed E-state index contributed by atoms with van der Waals surface area (Å²) in [6.45, 7) is 2.15. The Balaban J connectivity index is 1.99. The van der Waals surface area contributed by atoms with Gasteiger partial charge in [0.1, 0.15) is 0 Å². The Bertz CT molecular complexity index is 576. The fourth-order valence-corrected chi connectivity index (χ4v) is 3.46. The molecule has 0 spiro atoms. The summed E-state index contributed by atoms with van der Waals surface area (Å²) in [6.07, 6.45) is 6.28. The van der Waals surface area contributed by atoms with Gasteiger partial charge in [-0.2, -0.15) is 0 Å². The molecule has 3 rings (SSSR count). The number of benzene rings is 1. The quantitative estimate of drug-likeness (QED) is 0.902. The van der Waals surface area contributed by atoms with E-state index in [1.54, 1.807) is 0 Å². The number of hydrogen-bond acceptors (Lipinski definition) is 2. The van der Waals surface area contributed by atoms with Crippen molar-refractivity contribution in [3.05, 3.63) is 45.9 Å². The van der Waals surface area contributed by atoms with Crippen LogP contribution < -0.4 is 5.32 Å². The third-order valence-corrected chi connectivity index (χ3v) is 4.42. The Hall–Kier alpha value is -0.840. The van der Waals surface area contributed by atoms with Gasteiger partial charge in [-0.3, -0.25) is 0 Å². The lowest BCUT2D eigenvalue weighted by atomic mass is 9.96. The first-order valence-corrected chi connectivity index (χ1v) is 7.61. The lowest BCUT2D eigenvalue weighted by Gasteiger charge is -2.24. The van der Waals surface area contributed by atoms with E-state index in [-0.39, 0.29) is 0 Å². The molecule has 1 unspecified atom stereocenters. The summed E-state index contributed by atoms with van der Waals surface area (Å²) in [4.78, 5) is 4.32. The first-order valence-electron chi connectivity index (χ1n) is 6.44. The van der Waals surface area contributed by atoms with Gasteiger partial charge in [-0.1, -0.05) is 11.6 Å². The Kier molecular flexibility index (Phi) is 3.91. The predicted molar refractivity (Wildman–Crippen MR) is 81.1 cm³/mol. The topological polar surface area (TPSA) is 29.9 Å². The molecule has 100 valence electrons. The molecule has 1 atom stereocenters. The summed E-state index contributed by atoms with van der Waals surface area (Å²) in [7, 11) is 0. The van der Waals surface area contributed by atoms with Crippen LogP contribution >= 0.6 is 27.5 Å². The zero-order valence-electron chi connectivity index (χ0n) is 10.4. The average molecular weight is 341 g/mol. The van der Waals surface area contributed by atoms with E-state index in [1.807, 2.05) is 30.7 Å². The number of imidazole rings is 1. The molecule has 1 aromatic heterocycles. The van der Waals surface area contributed by atoms with Crippen LogP contribution in [0.4, 0.5) is 0 Å². The Morgan fingerprint density at radius 2 is 2.32 bits per heavy atom. The van der Waals surface area contributed by atoms with Crippen molar-refractivity contribution in [3.8, 4) is 5.69 Å². The van der Waals surface area contributed by atoms with E-state index < -0.39 is 0 Å². The van der Waals surface area contributed by atoms with Crippen LogP contribution in [-0.2, 0) is 0 Å². The molecule has 1 saturated heterocycles. The van der Waals surface area contributed by atoms with Crippen molar-refractivity contribution in [2.24, 2.45) is 0 Å². The molecule has 2 aromatic rings. The summed E-state index contributed by atoms with van der Waals surface area (Å²) in [6, 6.07) is 5.85. The summed E-state index contributed by atoms with van der Waals surface area (Å²) in [5.41, 5.74) is 2.35. The van der Waals surface area contributed by atoms with Crippen molar-refractivity contribution in [2.45, 2.75) is 18.8 Å². The molecule has 0 aliphatic carbocycles. The molecule has 3 nitrogen and oxygen atoms in total. The third-order valence-electron chi connectivity index (χ3n) is 3.55. The molecule has 0 amide bonds. The monoisotopic (exact) mass is 339 g/mol. The van der Waals surface area contributed by atoms with Crippen LogP contribution in [-0.4, -0.2) is 22.6 Å². The largest absolute Gasteiger partial charge is 0.316 e. The standard InChI is InChI=1S/C14H15BrClN3/c15-12-6-11(16)3-4-13(12)19-9-18-8-14(19)10-2-1-5-17-7-10/h3-4,6,8-10,17H,1-2,5,7H2. The molecule has 1 N–H and O–H groups in total. The lowest BCUT2D eigenvalue weighted by molar-refractivity contribution is 0.451. The van der Waals surface area contributed by atoms with Gasteiger partial charge in [-0.25, -0.2) is 4.98 Å². The maximum Gasteiger partial charge on any atom is 0.0994 e. The minimum atomic E-state index is 0.527. The second kappa shape index (κ2) is 5.65. The highest BCUT2D eigenvalue weighted by molar-refractivity contribution is 9.10. The van der Waals surface area contributed by atoms with Gasteiger partial charge in [0.2, 0.25) is 0 Å². The van der Waals surface area contributed by atoms with E-state index >= 15 is 0 Å². The average Bonchev–Trinajstić information content (AvgIpc) is 2.89. The number of aromatic nitrogens is 2. The third kappa shape index (κ3) is 2.71. The summed E-state index contributed by atoms with van der Waals surface area (Å²) >= 11 is 9.58. The second-order valence-electron chi connectivity index (χ2n) is 4.83. The van der Waals surface area contributed by atoms with E-state index in [9.17, 15) is 0 Å². The highest BCUT2D eigenvalue weighted by Crippen LogP contribution is 2.30. The fourth-order valence-electron chi connectivity index (χ4n) is 2.59. The number of halogens is 2. The lowest BCUT2D eigenvalue weighted by Crippen LogP contribution is -2.29. The van der Waals surface area contributed by atoms with Crippen LogP contribution in [0.3, 0.4) is 0 Å². The molecular weight excluding hydrogens is 326 g/mol. The molecule has 0 bridgehead atoms. The molecule has 1 fully saturated rings. The van der Waals surface area contributed by atoms with Gasteiger partial charge in [0.15, 0.2) is 0 Å². The van der Waals surface area contributed by atoms with Gasteiger partial charge in [-0.15, -0.1) is 0 Å². The van der Waals surface area contributed by atoms with Crippen molar-refractivity contribution in [2.75, 3.05) is 13.1 Å². The number of piperidine rings is 1. The molecular formula is C14H15BrClN3. The zero-order chi connectivity index (χ0) is 13.2. The molecule has 19 heavy (non-hydrogen) atoms. The van der Waals surface area contributed by atoms with Gasteiger partial charge >= 0.3 is 0 Å². The number of nitrogens with one attached hydrogen (secondary N) is 1. The predicted octanol–water partition coefficient (Wildman–Crippen LogP) is 3.76. The van der Waals surface area contributed by atoms with Gasteiger partial charge < -0.3 is 9.88 Å². The van der Waals surface area contributed by atoms with Gasteiger partial charge in [0, 0.05) is 33.8 Å². The van der Waals surface area contributed by atoms with Crippen molar-refractivity contribution >= 4 is 27.5 Å². The normalized spacial score (nSPS) is 19.6. The van der Waals surface area contributed by atoms with Crippen LogP contribution in [0, 0.1) is 0 Å². The first kappa shape index (κ1) is 13.2. The van der Waals surface area contributed by atoms with Gasteiger partial charge in [0.25, 0.3) is 0 Å². The molecule has 2 heterocycles. The Morgan fingerprint density at radius 1 is 1.42 bits per heavy atom. The van der Waals surface area contributed by atoms with E-state index in [2.05, 4.69) is 30.8 Å². The summed E-state index contributed by atoms with van der Waals surface area (Å²) in [5, 5.41) is 4.18. The highest BCUT2D eigenvalue weighted by Gasteiger charge is 2.20. The van der Waals surface area contributed by atoms with Crippen LogP contribution in [0.15, 0.2) is 35.2 Å². The smallest absolute Gasteiger partial charge is 0.0994 e. The van der Waals surface area contributed by atoms with Crippen molar-refractivity contribution in [1.82, 2.24) is 14.9 Å². The number of rotatable bonds is 2. The second-order valence-corrected chi connectivity index (χ2v) is 6.12. The fraction of sp³-hybridized carbons (Fsp3) is 0.357. The van der Waals surface area contributed by atoms with Crippen molar-refractivity contribution in [1.29, 1.82) is 0 Å². The maximum atomic E-state index is 6.00. The number of hydrogen-bond donors (Lipinski definition) is 1. The number of nitrogens with zero attached hydrogens (tertiary/aromatic N) is 2. The van der Waals surface area contributed by atoms with Gasteiger partial charge in [-0.05, 0) is 53.5 Å². The SMILES string of the molecule is Clc1ccc(-n2cncc2C2CCCNC2)c(Br)c1. The van der Waals surface area contributed by atoms with Crippen LogP contribution in [0.2, 0.25) is 5.02 Å². The molecule has 1 aliphatic rings. The molecule has 0 radical (unpaired) electrons. The van der Waals surface area contributed by atoms with E-state index in [4.69, 9.17) is 11.6 Å². The van der Waals surface area contributed by atoms with Crippen LogP contribution in [0.25, 0.3) is 5.69 Å². The summed E-state index contributed by atoms with van der Waals surface area (Å²) < 4.78 is 3.14. The van der Waals surface area contributed by atoms with Crippen molar-refractivity contribution < 1.29 is 0 Å². The summed E-state index contributed by atoms with van der Waals surface area (Å²) in [5.74, 6) is 0.527. The zero-order valence-corrected chi connectivity index (χ0v) is 12.8. The van der Waals surface area contributed by atoms with E-state index in [0.717, 1.165) is 28.3 Å². The van der Waals surface area contributed by atoms with E-state index in [1.165, 1.54) is 18.5 Å². The van der Waals surface area contributed by atoms with E-state index in [0.29, 0.717) is 5.92 Å². The first-order chi connectivity index (χ1) is 9.25. The maximum absolute atomic E-state index is 6.00. The molecule has 1 aromatic carbocycles. The minimum absolute atomic E-state index is 0.527. The van der Waals surface area contributed by atoms with Crippen molar-refractivity contribution in [3.63, 3.8) is 0 Å². The van der Waals surface area contributed by atoms with Crippen LogP contribution in [0.1, 0.15) is 24.5 Å². The molecule has 0 saturated carbocycles. The van der Waals surface area contributed by atoms with Crippen LogP contribution in [0.5, 0.6) is 0 Å². The molecule has 1 aliphatic heterocycles. The minimum Gasteiger partial charge on any atom is -0.316 e.